The zero-order valence-corrected chi connectivity index (χ0v) is 21.7. The molecule has 2 unspecified atom stereocenters. The molecule has 0 amide bonds. The van der Waals surface area contributed by atoms with Crippen molar-refractivity contribution in [2.75, 3.05) is 66.4 Å². The molecule has 0 saturated carbocycles. The van der Waals surface area contributed by atoms with Crippen LogP contribution >= 0.6 is 0 Å². The van der Waals surface area contributed by atoms with E-state index >= 15 is 0 Å². The van der Waals surface area contributed by atoms with Crippen LogP contribution in [0.15, 0.2) is 48.5 Å². The predicted octanol–water partition coefficient (Wildman–Crippen LogP) is 4.96. The molecule has 0 aliphatic carbocycles. The first-order valence-electron chi connectivity index (χ1n) is 12.5. The molecule has 0 bridgehead atoms. The van der Waals surface area contributed by atoms with Crippen molar-refractivity contribution in [3.63, 3.8) is 0 Å². The number of likely N-dealkylation sites (N-methyl/N-ethyl adjacent to an activating group) is 1. The smallest absolute Gasteiger partial charge is 0.120 e. The molecule has 4 rings (SSSR count). The zero-order valence-electron chi connectivity index (χ0n) is 21.7. The second-order valence-corrected chi connectivity index (χ2v) is 8.97. The number of benzene rings is 2. The number of anilines is 1. The van der Waals surface area contributed by atoms with Crippen molar-refractivity contribution in [2.24, 2.45) is 5.92 Å². The van der Waals surface area contributed by atoms with E-state index in [1.54, 1.807) is 7.11 Å². The number of nitrogens with zero attached hydrogens (tertiary/aromatic N) is 2. The first-order valence-corrected chi connectivity index (χ1v) is 12.5. The monoisotopic (exact) mass is 468 g/mol. The number of rotatable bonds is 9. The van der Waals surface area contributed by atoms with Crippen molar-refractivity contribution in [3.05, 3.63) is 59.7 Å². The standard InChI is InChI=1S/C26H36N4O2.C2H6.H2/c1-27-12-14-32-21-7-5-20(6-8-21)24-16-26(30-13-11-19(18-30)17-29(2)3)23-10-9-22(31-4)15-25(23)28-24;1-2;/h5-10,15-16,19,24,27-28H,11-14,17-18H2,1-4H3;1-2H3;1H. The molecule has 6 heteroatoms. The average Bonchev–Trinajstić information content (AvgIpc) is 3.32. The van der Waals surface area contributed by atoms with Crippen molar-refractivity contribution >= 4 is 11.4 Å². The van der Waals surface area contributed by atoms with E-state index in [2.05, 4.69) is 83.1 Å². The largest absolute Gasteiger partial charge is 0.497 e. The second kappa shape index (κ2) is 12.7. The molecule has 6 nitrogen and oxygen atoms in total. The van der Waals surface area contributed by atoms with Crippen LogP contribution in [0.5, 0.6) is 11.5 Å². The molecule has 0 spiro atoms. The lowest BCUT2D eigenvalue weighted by atomic mass is 9.96. The van der Waals surface area contributed by atoms with Gasteiger partial charge < -0.3 is 29.9 Å². The number of likely N-dealkylation sites (tertiary alicyclic amines) is 1. The van der Waals surface area contributed by atoms with Crippen molar-refractivity contribution in [1.29, 1.82) is 0 Å². The van der Waals surface area contributed by atoms with Gasteiger partial charge in [-0.1, -0.05) is 26.0 Å². The summed E-state index contributed by atoms with van der Waals surface area (Å²) in [7, 11) is 7.98. The van der Waals surface area contributed by atoms with Crippen LogP contribution in [-0.2, 0) is 0 Å². The molecule has 2 aliphatic heterocycles. The molecule has 2 aromatic rings. The van der Waals surface area contributed by atoms with Gasteiger partial charge in [-0.05, 0) is 69.4 Å². The highest BCUT2D eigenvalue weighted by molar-refractivity contribution is 5.80. The second-order valence-electron chi connectivity index (χ2n) is 8.97. The molecule has 1 saturated heterocycles. The lowest BCUT2D eigenvalue weighted by Gasteiger charge is -2.32. The minimum Gasteiger partial charge on any atom is -0.497 e. The van der Waals surface area contributed by atoms with Crippen LogP contribution in [0.2, 0.25) is 0 Å². The Kier molecular flexibility index (Phi) is 9.66. The van der Waals surface area contributed by atoms with Crippen LogP contribution in [0.1, 0.15) is 38.9 Å². The van der Waals surface area contributed by atoms with Crippen LogP contribution in [0, 0.1) is 5.92 Å². The number of nitrogens with one attached hydrogen (secondary N) is 2. The Morgan fingerprint density at radius 1 is 1.12 bits per heavy atom. The minimum atomic E-state index is 0. The third kappa shape index (κ3) is 6.45. The van der Waals surface area contributed by atoms with Crippen molar-refractivity contribution in [3.8, 4) is 11.5 Å². The quantitative estimate of drug-likeness (QED) is 0.508. The van der Waals surface area contributed by atoms with E-state index in [9.17, 15) is 0 Å². The van der Waals surface area contributed by atoms with Crippen LogP contribution < -0.4 is 20.1 Å². The van der Waals surface area contributed by atoms with Crippen LogP contribution in [0.25, 0.3) is 5.70 Å². The summed E-state index contributed by atoms with van der Waals surface area (Å²) in [5.74, 6) is 2.48. The fourth-order valence-electron chi connectivity index (χ4n) is 4.66. The van der Waals surface area contributed by atoms with Crippen molar-refractivity contribution in [1.82, 2.24) is 15.1 Å². The Hall–Kier alpha value is -2.70. The van der Waals surface area contributed by atoms with E-state index in [4.69, 9.17) is 9.47 Å². The molecule has 2 aliphatic rings. The van der Waals surface area contributed by atoms with Gasteiger partial charge in [0.25, 0.3) is 0 Å². The van der Waals surface area contributed by atoms with Crippen LogP contribution in [-0.4, -0.2) is 70.8 Å². The predicted molar refractivity (Wildman–Crippen MR) is 145 cm³/mol. The number of hydrogen-bond donors (Lipinski definition) is 2. The van der Waals surface area contributed by atoms with Gasteiger partial charge in [0.05, 0.1) is 13.2 Å². The van der Waals surface area contributed by atoms with E-state index in [0.29, 0.717) is 12.5 Å². The SMILES string of the molecule is CC.CNCCOc1ccc(C2C=C(N3CCC(CN(C)C)C3)c3ccc(OC)cc3N2)cc1.[HH]. The molecule has 34 heavy (non-hydrogen) atoms. The van der Waals surface area contributed by atoms with E-state index in [0.717, 1.165) is 43.4 Å². The van der Waals surface area contributed by atoms with E-state index in [-0.39, 0.29) is 7.47 Å². The summed E-state index contributed by atoms with van der Waals surface area (Å²) >= 11 is 0. The lowest BCUT2D eigenvalue weighted by Crippen LogP contribution is -2.27. The third-order valence-corrected chi connectivity index (χ3v) is 6.25. The summed E-state index contributed by atoms with van der Waals surface area (Å²) in [4.78, 5) is 4.86. The molecule has 2 heterocycles. The average molecular weight is 469 g/mol. The Labute approximate surface area is 207 Å². The first-order chi connectivity index (χ1) is 16.6. The highest BCUT2D eigenvalue weighted by atomic mass is 16.5. The van der Waals surface area contributed by atoms with E-state index in [1.807, 2.05) is 20.9 Å². The van der Waals surface area contributed by atoms with Crippen LogP contribution in [0.4, 0.5) is 5.69 Å². The number of fused-ring (bicyclic) bond motifs is 1. The number of methoxy groups -OCH3 is 1. The Balaban J connectivity index is 0.00000140. The van der Waals surface area contributed by atoms with Gasteiger partial charge >= 0.3 is 0 Å². The molecule has 2 aromatic carbocycles. The minimum absolute atomic E-state index is 0. The molecular weight excluding hydrogens is 424 g/mol. The van der Waals surface area contributed by atoms with Gasteiger partial charge in [-0.25, -0.2) is 0 Å². The summed E-state index contributed by atoms with van der Waals surface area (Å²) in [6, 6.07) is 14.9. The Morgan fingerprint density at radius 2 is 1.85 bits per heavy atom. The third-order valence-electron chi connectivity index (χ3n) is 6.25. The fraction of sp³-hybridized carbons (Fsp3) is 0.500. The topological polar surface area (TPSA) is 49.0 Å². The maximum atomic E-state index is 5.79. The Morgan fingerprint density at radius 3 is 2.53 bits per heavy atom. The number of ether oxygens (including phenoxy) is 2. The van der Waals surface area contributed by atoms with Gasteiger partial charge in [-0.15, -0.1) is 0 Å². The highest BCUT2D eigenvalue weighted by Gasteiger charge is 2.29. The molecule has 2 atom stereocenters. The zero-order chi connectivity index (χ0) is 24.5. The fourth-order valence-corrected chi connectivity index (χ4v) is 4.66. The molecule has 0 radical (unpaired) electrons. The van der Waals surface area contributed by atoms with E-state index < -0.39 is 0 Å². The normalized spacial score (nSPS) is 19.0. The summed E-state index contributed by atoms with van der Waals surface area (Å²) < 4.78 is 11.3. The first kappa shape index (κ1) is 25.9. The van der Waals surface area contributed by atoms with Gasteiger partial charge in [0, 0.05) is 50.6 Å². The van der Waals surface area contributed by atoms with Gasteiger partial charge in [-0.2, -0.15) is 0 Å². The maximum Gasteiger partial charge on any atom is 0.120 e. The molecule has 2 N–H and O–H groups in total. The van der Waals surface area contributed by atoms with Gasteiger partial charge in [0.15, 0.2) is 0 Å². The summed E-state index contributed by atoms with van der Waals surface area (Å²) in [5, 5.41) is 6.82. The maximum absolute atomic E-state index is 5.79. The van der Waals surface area contributed by atoms with E-state index in [1.165, 1.54) is 23.2 Å². The molecular formula is C28H44N4O2. The summed E-state index contributed by atoms with van der Waals surface area (Å²) in [6.07, 6.45) is 3.61. The molecule has 1 fully saturated rings. The van der Waals surface area contributed by atoms with Crippen molar-refractivity contribution < 1.29 is 10.9 Å². The summed E-state index contributed by atoms with van der Waals surface area (Å²) in [6.45, 7) is 8.83. The van der Waals surface area contributed by atoms with Gasteiger partial charge in [-0.3, -0.25) is 0 Å². The van der Waals surface area contributed by atoms with Gasteiger partial charge in [0.2, 0.25) is 0 Å². The Bertz CT molecular complexity index is 933. The molecule has 188 valence electrons. The lowest BCUT2D eigenvalue weighted by molar-refractivity contribution is 0.318. The van der Waals surface area contributed by atoms with Crippen molar-refractivity contribution in [2.45, 2.75) is 26.3 Å². The van der Waals surface area contributed by atoms with Gasteiger partial charge in [0.1, 0.15) is 18.1 Å². The summed E-state index contributed by atoms with van der Waals surface area (Å²) in [5.41, 5.74) is 4.92. The molecule has 0 aromatic heterocycles. The number of hydrogen-bond acceptors (Lipinski definition) is 6. The van der Waals surface area contributed by atoms with Crippen LogP contribution in [0.3, 0.4) is 0 Å². The highest BCUT2D eigenvalue weighted by Crippen LogP contribution is 2.40.